The van der Waals surface area contributed by atoms with Crippen LogP contribution >= 0.6 is 0 Å². The highest BCUT2D eigenvalue weighted by molar-refractivity contribution is 6.59. The van der Waals surface area contributed by atoms with Gasteiger partial charge in [-0.1, -0.05) is 123 Å². The Hall–Kier alpha value is -5.14. The second kappa shape index (κ2) is 10.4. The van der Waals surface area contributed by atoms with Gasteiger partial charge >= 0.3 is 7.12 Å². The number of rotatable bonds is 4. The van der Waals surface area contributed by atoms with Crippen molar-refractivity contribution >= 4 is 40.1 Å². The first-order valence-corrected chi connectivity index (χ1v) is 16.2. The molecule has 6 aromatic carbocycles. The Labute approximate surface area is 274 Å². The topological polar surface area (TPSA) is 69.5 Å². The molecule has 2 unspecified atom stereocenters. The Bertz CT molecular complexity index is 2330. The smallest absolute Gasteiger partial charge is 0.423 e. The van der Waals surface area contributed by atoms with Crippen LogP contribution < -0.4 is 16.1 Å². The number of hydrogen-bond acceptors (Lipinski definition) is 4. The average molecular weight is 612 g/mol. The molecule has 6 heteroatoms. The highest BCUT2D eigenvalue weighted by Crippen LogP contribution is 2.51. The van der Waals surface area contributed by atoms with E-state index in [-0.39, 0.29) is 17.7 Å². The van der Waals surface area contributed by atoms with Gasteiger partial charge < -0.3 is 19.9 Å². The van der Waals surface area contributed by atoms with Gasteiger partial charge in [0.15, 0.2) is 6.29 Å². The van der Waals surface area contributed by atoms with Crippen LogP contribution in [0.25, 0.3) is 44.1 Å². The van der Waals surface area contributed by atoms with E-state index in [1.807, 2.05) is 24.3 Å². The maximum Gasteiger partial charge on any atom is 0.488 e. The summed E-state index contributed by atoms with van der Waals surface area (Å²) >= 11 is 0. The third-order valence-electron chi connectivity index (χ3n) is 10.3. The van der Waals surface area contributed by atoms with Crippen molar-refractivity contribution < 1.29 is 10.0 Å². The number of para-hydroxylation sites is 1. The van der Waals surface area contributed by atoms with Crippen LogP contribution in [0.2, 0.25) is 0 Å². The molecule has 0 spiro atoms. The molecule has 1 aromatic heterocycles. The van der Waals surface area contributed by atoms with Gasteiger partial charge in [-0.25, -0.2) is 0 Å². The van der Waals surface area contributed by atoms with Crippen LogP contribution in [0.5, 0.6) is 0 Å². The number of nitrogens with one attached hydrogen (secondary N) is 2. The molecule has 47 heavy (non-hydrogen) atoms. The van der Waals surface area contributed by atoms with Gasteiger partial charge in [-0.15, -0.1) is 0 Å². The molecule has 228 valence electrons. The van der Waals surface area contributed by atoms with E-state index in [2.05, 4.69) is 138 Å². The summed E-state index contributed by atoms with van der Waals surface area (Å²) in [5, 5.41) is 30.2. The fraction of sp³-hybridized carbons (Fsp3) is 0.122. The molecule has 7 aromatic rings. The number of hydrogen-bond donors (Lipinski definition) is 4. The highest BCUT2D eigenvalue weighted by atomic mass is 16.4. The molecular weight excluding hydrogens is 577 g/mol. The Kier molecular flexibility index (Phi) is 6.25. The van der Waals surface area contributed by atoms with E-state index in [1.54, 1.807) is 0 Å². The van der Waals surface area contributed by atoms with E-state index >= 15 is 0 Å². The fourth-order valence-corrected chi connectivity index (χ4v) is 7.93. The molecule has 5 nitrogen and oxygen atoms in total. The van der Waals surface area contributed by atoms with Gasteiger partial charge in [0.05, 0.1) is 17.1 Å². The van der Waals surface area contributed by atoms with Crippen LogP contribution in [0.15, 0.2) is 133 Å². The van der Waals surface area contributed by atoms with Crippen molar-refractivity contribution in [3.8, 4) is 22.3 Å². The average Bonchev–Trinajstić information content (AvgIpc) is 3.55. The Morgan fingerprint density at radius 2 is 1.34 bits per heavy atom. The van der Waals surface area contributed by atoms with Gasteiger partial charge in [0.1, 0.15) is 0 Å². The Morgan fingerprint density at radius 3 is 2.15 bits per heavy atom. The zero-order chi connectivity index (χ0) is 31.9. The molecule has 0 amide bonds. The molecule has 1 aliphatic heterocycles. The Morgan fingerprint density at radius 1 is 0.638 bits per heavy atom. The second-order valence-corrected chi connectivity index (χ2v) is 13.3. The molecule has 1 aliphatic carbocycles. The summed E-state index contributed by atoms with van der Waals surface area (Å²) in [7, 11) is -1.55. The SMILES string of the molecule is CC1(C)c2ccccc2-c2cc3c(cc21)c1cc(B(O)O)ccc1n3C1Nc2ccccc2C(c2ccc(-c3ccccc3)cc2)N1. The molecule has 0 saturated carbocycles. The fourth-order valence-electron chi connectivity index (χ4n) is 7.93. The first-order chi connectivity index (χ1) is 22.9. The van der Waals surface area contributed by atoms with Crippen molar-refractivity contribution in [2.24, 2.45) is 0 Å². The number of aromatic nitrogens is 1. The predicted molar refractivity (Wildman–Crippen MR) is 193 cm³/mol. The first-order valence-electron chi connectivity index (χ1n) is 16.2. The lowest BCUT2D eigenvalue weighted by Gasteiger charge is -2.36. The summed E-state index contributed by atoms with van der Waals surface area (Å²) in [5.41, 5.74) is 13.4. The van der Waals surface area contributed by atoms with E-state index in [0.29, 0.717) is 5.46 Å². The molecule has 0 saturated heterocycles. The summed E-state index contributed by atoms with van der Waals surface area (Å²) in [6.07, 6.45) is -0.281. The van der Waals surface area contributed by atoms with Crippen molar-refractivity contribution in [1.82, 2.24) is 9.88 Å². The van der Waals surface area contributed by atoms with Crippen LogP contribution in [0.1, 0.15) is 48.4 Å². The third-order valence-corrected chi connectivity index (χ3v) is 10.3. The van der Waals surface area contributed by atoms with Crippen LogP contribution in [0.3, 0.4) is 0 Å². The van der Waals surface area contributed by atoms with Gasteiger partial charge in [-0.05, 0) is 74.2 Å². The Balaban J connectivity index is 1.23. The molecule has 4 N–H and O–H groups in total. The van der Waals surface area contributed by atoms with Gasteiger partial charge in [-0.3, -0.25) is 5.32 Å². The molecule has 9 rings (SSSR count). The van der Waals surface area contributed by atoms with Crippen molar-refractivity contribution in [2.45, 2.75) is 31.6 Å². The van der Waals surface area contributed by atoms with Crippen LogP contribution in [0.4, 0.5) is 5.69 Å². The predicted octanol–water partition coefficient (Wildman–Crippen LogP) is 7.71. The minimum absolute atomic E-state index is 0.0533. The first kappa shape index (κ1) is 28.1. The van der Waals surface area contributed by atoms with Gasteiger partial charge in [0, 0.05) is 21.9 Å². The quantitative estimate of drug-likeness (QED) is 0.154. The lowest BCUT2D eigenvalue weighted by atomic mass is 9.79. The van der Waals surface area contributed by atoms with Crippen molar-refractivity contribution in [2.75, 3.05) is 5.32 Å². The third kappa shape index (κ3) is 4.30. The summed E-state index contributed by atoms with van der Waals surface area (Å²) < 4.78 is 2.34. The minimum Gasteiger partial charge on any atom is -0.423 e. The minimum atomic E-state index is -1.55. The van der Waals surface area contributed by atoms with E-state index in [1.165, 1.54) is 44.5 Å². The number of benzene rings is 6. The lowest BCUT2D eigenvalue weighted by Crippen LogP contribution is -2.40. The summed E-state index contributed by atoms with van der Waals surface area (Å²) in [5.74, 6) is 0. The maximum atomic E-state index is 10.2. The monoisotopic (exact) mass is 611 g/mol. The zero-order valence-corrected chi connectivity index (χ0v) is 26.3. The molecule has 0 radical (unpaired) electrons. The summed E-state index contributed by atoms with van der Waals surface area (Å²) in [4.78, 5) is 0. The van der Waals surface area contributed by atoms with Gasteiger partial charge in [0.2, 0.25) is 0 Å². The molecule has 2 aliphatic rings. The highest BCUT2D eigenvalue weighted by Gasteiger charge is 2.37. The molecule has 2 heterocycles. The number of fused-ring (bicyclic) bond motifs is 7. The molecule has 0 bridgehead atoms. The lowest BCUT2D eigenvalue weighted by molar-refractivity contribution is 0.417. The van der Waals surface area contributed by atoms with Gasteiger partial charge in [0.25, 0.3) is 0 Å². The summed E-state index contributed by atoms with van der Waals surface area (Å²) in [6, 6.07) is 46.9. The van der Waals surface area contributed by atoms with Crippen LogP contribution in [-0.2, 0) is 5.41 Å². The van der Waals surface area contributed by atoms with E-state index in [0.717, 1.165) is 27.5 Å². The number of anilines is 1. The van der Waals surface area contributed by atoms with Crippen molar-refractivity contribution in [3.05, 3.63) is 156 Å². The molecule has 2 atom stereocenters. The van der Waals surface area contributed by atoms with Crippen LogP contribution in [0, 0.1) is 0 Å². The standard InChI is InChI=1S/C41H34BN3O2/c1-41(2)34-14-8-6-12-29(34)31-24-38-33(23-35(31)41)32-22-28(42(46)47)20-21-37(32)45(38)40-43-36-15-9-7-13-30(36)39(44-40)27-18-16-26(17-19-27)25-10-4-3-5-11-25/h3-24,39-40,43-44,46-47H,1-2H3. The van der Waals surface area contributed by atoms with E-state index < -0.39 is 7.12 Å². The second-order valence-electron chi connectivity index (χ2n) is 13.3. The van der Waals surface area contributed by atoms with Crippen LogP contribution in [-0.4, -0.2) is 21.7 Å². The zero-order valence-electron chi connectivity index (χ0n) is 26.3. The van der Waals surface area contributed by atoms with Gasteiger partial charge in [-0.2, -0.15) is 0 Å². The normalized spacial score (nSPS) is 17.6. The van der Waals surface area contributed by atoms with E-state index in [4.69, 9.17) is 0 Å². The molecule has 0 fully saturated rings. The largest absolute Gasteiger partial charge is 0.488 e. The molecular formula is C41H34BN3O2. The number of nitrogens with zero attached hydrogens (tertiary/aromatic N) is 1. The van der Waals surface area contributed by atoms with Crippen molar-refractivity contribution in [3.63, 3.8) is 0 Å². The van der Waals surface area contributed by atoms with Crippen molar-refractivity contribution in [1.29, 1.82) is 0 Å². The maximum absolute atomic E-state index is 10.2. The van der Waals surface area contributed by atoms with E-state index in [9.17, 15) is 10.0 Å². The summed E-state index contributed by atoms with van der Waals surface area (Å²) in [6.45, 7) is 4.58.